The number of aliphatic hydroxyl groups is 1. The van der Waals surface area contributed by atoms with Crippen LogP contribution in [0.15, 0.2) is 11.6 Å². The van der Waals surface area contributed by atoms with Crippen molar-refractivity contribution in [2.45, 2.75) is 45.4 Å². The number of allylic oxidation sites excluding steroid dienone is 1. The maximum Gasteiger partial charge on any atom is 0.119 e. The number of aliphatic hydroxyl groups excluding tert-OH is 1. The Morgan fingerprint density at radius 3 is 2.67 bits per heavy atom. The molecule has 0 saturated heterocycles. The van der Waals surface area contributed by atoms with Crippen LogP contribution in [0.1, 0.15) is 33.6 Å². The van der Waals surface area contributed by atoms with Gasteiger partial charge in [0.2, 0.25) is 0 Å². The molecule has 12 heavy (non-hydrogen) atoms. The highest BCUT2D eigenvalue weighted by molar-refractivity contribution is 5.14. The molecule has 0 radical (unpaired) electrons. The van der Waals surface area contributed by atoms with E-state index in [9.17, 15) is 9.50 Å². The van der Waals surface area contributed by atoms with Crippen molar-refractivity contribution < 1.29 is 9.50 Å². The van der Waals surface area contributed by atoms with E-state index in [0.29, 0.717) is 6.42 Å². The van der Waals surface area contributed by atoms with Crippen LogP contribution in [0.4, 0.5) is 4.39 Å². The summed E-state index contributed by atoms with van der Waals surface area (Å²) in [6, 6.07) is 0. The Hall–Kier alpha value is -0.370. The maximum absolute atomic E-state index is 13.9. The first kappa shape index (κ1) is 9.72. The molecule has 1 N–H and O–H groups in total. The monoisotopic (exact) mass is 172 g/mol. The van der Waals surface area contributed by atoms with Crippen LogP contribution in [0.25, 0.3) is 0 Å². The smallest absolute Gasteiger partial charge is 0.119 e. The predicted molar refractivity (Wildman–Crippen MR) is 47.7 cm³/mol. The average molecular weight is 172 g/mol. The summed E-state index contributed by atoms with van der Waals surface area (Å²) in [4.78, 5) is 0. The van der Waals surface area contributed by atoms with Crippen molar-refractivity contribution in [1.29, 1.82) is 0 Å². The van der Waals surface area contributed by atoms with E-state index in [1.165, 1.54) is 0 Å². The Labute approximate surface area is 73.3 Å². The van der Waals surface area contributed by atoms with E-state index < -0.39 is 11.8 Å². The number of hydrogen-bond acceptors (Lipinski definition) is 1. The molecule has 1 nitrogen and oxygen atoms in total. The van der Waals surface area contributed by atoms with Gasteiger partial charge in [0.25, 0.3) is 0 Å². The lowest BCUT2D eigenvalue weighted by Gasteiger charge is -2.34. The van der Waals surface area contributed by atoms with Crippen LogP contribution in [0.3, 0.4) is 0 Å². The molecule has 70 valence electrons. The molecule has 1 rings (SSSR count). The molecule has 0 aromatic carbocycles. The Kier molecular flexibility index (Phi) is 2.57. The van der Waals surface area contributed by atoms with Gasteiger partial charge >= 0.3 is 0 Å². The highest BCUT2D eigenvalue weighted by atomic mass is 19.1. The second kappa shape index (κ2) is 3.17. The molecule has 0 aliphatic heterocycles. The molecule has 0 unspecified atom stereocenters. The van der Waals surface area contributed by atoms with Crippen molar-refractivity contribution >= 4 is 0 Å². The van der Waals surface area contributed by atoms with Gasteiger partial charge in [-0.1, -0.05) is 19.9 Å². The van der Waals surface area contributed by atoms with Gasteiger partial charge in [-0.05, 0) is 18.4 Å². The molecule has 2 atom stereocenters. The highest BCUT2D eigenvalue weighted by Crippen LogP contribution is 2.36. The lowest BCUT2D eigenvalue weighted by atomic mass is 9.78. The SMILES string of the molecule is CC1=CC[C@@](F)(C(C)C)C[C@@H]1O. The molecule has 1 aliphatic carbocycles. The van der Waals surface area contributed by atoms with Crippen molar-refractivity contribution in [3.8, 4) is 0 Å². The Morgan fingerprint density at radius 1 is 1.67 bits per heavy atom. The van der Waals surface area contributed by atoms with Gasteiger partial charge in [0.1, 0.15) is 5.67 Å². The van der Waals surface area contributed by atoms with E-state index in [2.05, 4.69) is 0 Å². The fourth-order valence-electron chi connectivity index (χ4n) is 1.50. The summed E-state index contributed by atoms with van der Waals surface area (Å²) in [5.74, 6) is -0.0171. The topological polar surface area (TPSA) is 20.2 Å². The van der Waals surface area contributed by atoms with E-state index in [-0.39, 0.29) is 12.3 Å². The summed E-state index contributed by atoms with van der Waals surface area (Å²) in [6.07, 6.45) is 1.94. The molecule has 2 heteroatoms. The van der Waals surface area contributed by atoms with Crippen molar-refractivity contribution in [1.82, 2.24) is 0 Å². The number of rotatable bonds is 1. The van der Waals surface area contributed by atoms with Gasteiger partial charge in [-0.3, -0.25) is 0 Å². The molecular formula is C10H17FO. The molecule has 0 bridgehead atoms. The van der Waals surface area contributed by atoms with E-state index >= 15 is 0 Å². The first-order chi connectivity index (χ1) is 5.46. The molecule has 0 aromatic heterocycles. The van der Waals surface area contributed by atoms with Gasteiger partial charge in [-0.25, -0.2) is 4.39 Å². The zero-order chi connectivity index (χ0) is 9.35. The standard InChI is InChI=1S/C10H17FO/c1-7(2)10(11)5-4-8(3)9(12)6-10/h4,7,9,12H,5-6H2,1-3H3/t9-,10-/m0/s1. The number of halogens is 1. The van der Waals surface area contributed by atoms with Crippen molar-refractivity contribution in [3.63, 3.8) is 0 Å². The Bertz CT molecular complexity index is 198. The van der Waals surface area contributed by atoms with E-state index in [1.807, 2.05) is 26.8 Å². The van der Waals surface area contributed by atoms with Crippen LogP contribution in [-0.2, 0) is 0 Å². The van der Waals surface area contributed by atoms with Gasteiger partial charge in [-0.15, -0.1) is 0 Å². The summed E-state index contributed by atoms with van der Waals surface area (Å²) in [6.45, 7) is 5.58. The average Bonchev–Trinajstić information content (AvgIpc) is 1.97. The van der Waals surface area contributed by atoms with Gasteiger partial charge < -0.3 is 5.11 Å². The van der Waals surface area contributed by atoms with Gasteiger partial charge in [-0.2, -0.15) is 0 Å². The van der Waals surface area contributed by atoms with Crippen LogP contribution in [0, 0.1) is 5.92 Å². The third-order valence-corrected chi connectivity index (χ3v) is 2.86. The summed E-state index contributed by atoms with van der Waals surface area (Å²) >= 11 is 0. The van der Waals surface area contributed by atoms with E-state index in [1.54, 1.807) is 0 Å². The lowest BCUT2D eigenvalue weighted by Crippen LogP contribution is -2.37. The second-order valence-corrected chi connectivity index (χ2v) is 4.06. The molecule has 1 aliphatic rings. The second-order valence-electron chi connectivity index (χ2n) is 4.06. The van der Waals surface area contributed by atoms with E-state index in [0.717, 1.165) is 5.57 Å². The number of hydrogen-bond donors (Lipinski definition) is 1. The first-order valence-electron chi connectivity index (χ1n) is 4.49. The molecule has 0 aromatic rings. The molecule has 0 spiro atoms. The highest BCUT2D eigenvalue weighted by Gasteiger charge is 2.37. The summed E-state index contributed by atoms with van der Waals surface area (Å²) in [7, 11) is 0. The van der Waals surface area contributed by atoms with Crippen molar-refractivity contribution in [2.75, 3.05) is 0 Å². The summed E-state index contributed by atoms with van der Waals surface area (Å²) in [5.41, 5.74) is -0.289. The van der Waals surface area contributed by atoms with Gasteiger partial charge in [0.15, 0.2) is 0 Å². The Morgan fingerprint density at radius 2 is 2.25 bits per heavy atom. The predicted octanol–water partition coefficient (Wildman–Crippen LogP) is 2.45. The quantitative estimate of drug-likeness (QED) is 0.602. The minimum absolute atomic E-state index is 0.0171. The Balaban J connectivity index is 2.75. The third-order valence-electron chi connectivity index (χ3n) is 2.86. The molecule has 0 amide bonds. The minimum Gasteiger partial charge on any atom is -0.389 e. The van der Waals surface area contributed by atoms with Crippen molar-refractivity contribution in [2.24, 2.45) is 5.92 Å². The number of alkyl halides is 1. The van der Waals surface area contributed by atoms with Crippen LogP contribution in [-0.4, -0.2) is 16.9 Å². The van der Waals surface area contributed by atoms with E-state index in [4.69, 9.17) is 0 Å². The van der Waals surface area contributed by atoms with Crippen LogP contribution < -0.4 is 0 Å². The zero-order valence-corrected chi connectivity index (χ0v) is 7.97. The molecule has 0 fully saturated rings. The lowest BCUT2D eigenvalue weighted by molar-refractivity contribution is 0.0331. The summed E-state index contributed by atoms with van der Waals surface area (Å²) < 4.78 is 13.9. The third kappa shape index (κ3) is 1.69. The zero-order valence-electron chi connectivity index (χ0n) is 7.97. The maximum atomic E-state index is 13.9. The summed E-state index contributed by atoms with van der Waals surface area (Å²) in [5, 5.41) is 9.45. The largest absolute Gasteiger partial charge is 0.389 e. The van der Waals surface area contributed by atoms with Crippen LogP contribution in [0.2, 0.25) is 0 Å². The van der Waals surface area contributed by atoms with Gasteiger partial charge in [0.05, 0.1) is 6.10 Å². The van der Waals surface area contributed by atoms with Crippen molar-refractivity contribution in [3.05, 3.63) is 11.6 Å². The first-order valence-corrected chi connectivity index (χ1v) is 4.49. The molecule has 0 saturated carbocycles. The van der Waals surface area contributed by atoms with Crippen LogP contribution >= 0.6 is 0 Å². The van der Waals surface area contributed by atoms with Gasteiger partial charge in [0, 0.05) is 12.8 Å². The fourth-order valence-corrected chi connectivity index (χ4v) is 1.50. The normalized spacial score (nSPS) is 36.8. The molecule has 0 heterocycles. The molecular weight excluding hydrogens is 155 g/mol. The minimum atomic E-state index is -1.20. The van der Waals surface area contributed by atoms with Crippen LogP contribution in [0.5, 0.6) is 0 Å². The fraction of sp³-hybridized carbons (Fsp3) is 0.800.